The Morgan fingerprint density at radius 1 is 1.26 bits per heavy atom. The van der Waals surface area contributed by atoms with E-state index in [1.165, 1.54) is 19.4 Å². The number of hydrogen-bond acceptors (Lipinski definition) is 3. The third kappa shape index (κ3) is 4.36. The van der Waals surface area contributed by atoms with Crippen LogP contribution < -0.4 is 5.32 Å². The highest BCUT2D eigenvalue weighted by Crippen LogP contribution is 2.23. The van der Waals surface area contributed by atoms with E-state index in [0.717, 1.165) is 43.5 Å². The van der Waals surface area contributed by atoms with E-state index in [1.807, 2.05) is 0 Å². The Bertz CT molecular complexity index is 375. The van der Waals surface area contributed by atoms with Crippen LogP contribution in [0.5, 0.6) is 0 Å². The maximum absolute atomic E-state index is 5.91. The van der Waals surface area contributed by atoms with Crippen LogP contribution in [0.15, 0.2) is 16.5 Å². The number of likely N-dealkylation sites (tertiary alicyclic amines) is 1. The fourth-order valence-electron chi connectivity index (χ4n) is 2.79. The van der Waals surface area contributed by atoms with Crippen molar-refractivity contribution in [3.8, 4) is 0 Å². The van der Waals surface area contributed by atoms with Crippen LogP contribution in [0.2, 0.25) is 0 Å². The number of piperidine rings is 1. The van der Waals surface area contributed by atoms with Gasteiger partial charge in [-0.3, -0.25) is 4.90 Å². The van der Waals surface area contributed by atoms with Gasteiger partial charge in [0, 0.05) is 12.6 Å². The summed E-state index contributed by atoms with van der Waals surface area (Å²) in [6, 6.07) is 4.92. The second-order valence-electron chi connectivity index (χ2n) is 6.01. The van der Waals surface area contributed by atoms with Crippen LogP contribution >= 0.6 is 0 Å². The third-order valence-electron chi connectivity index (χ3n) is 4.05. The highest BCUT2D eigenvalue weighted by Gasteiger charge is 2.23. The molecule has 1 saturated heterocycles. The highest BCUT2D eigenvalue weighted by atomic mass is 16.3. The molecule has 2 heterocycles. The standard InChI is InChI=1S/C16H28N2O/c1-4-9-17-10-15-7-8-16(19-15)12-18-11-13(2)5-6-14(18)3/h7-8,13-14,17H,4-6,9-12H2,1-3H3. The summed E-state index contributed by atoms with van der Waals surface area (Å²) in [4.78, 5) is 2.55. The Kier molecular flexibility index (Phi) is 5.46. The van der Waals surface area contributed by atoms with Gasteiger partial charge in [0.15, 0.2) is 0 Å². The average molecular weight is 264 g/mol. The SMILES string of the molecule is CCCNCc1ccc(CN2CC(C)CCC2C)o1. The average Bonchev–Trinajstić information content (AvgIpc) is 2.82. The molecule has 0 spiro atoms. The molecular formula is C16H28N2O. The monoisotopic (exact) mass is 264 g/mol. The zero-order valence-corrected chi connectivity index (χ0v) is 12.6. The molecule has 2 unspecified atom stereocenters. The van der Waals surface area contributed by atoms with Gasteiger partial charge < -0.3 is 9.73 Å². The van der Waals surface area contributed by atoms with Crippen LogP contribution in [-0.4, -0.2) is 24.0 Å². The Morgan fingerprint density at radius 3 is 2.84 bits per heavy atom. The lowest BCUT2D eigenvalue weighted by molar-refractivity contribution is 0.108. The Hall–Kier alpha value is -0.800. The van der Waals surface area contributed by atoms with Gasteiger partial charge in [0.1, 0.15) is 11.5 Å². The number of hydrogen-bond donors (Lipinski definition) is 1. The summed E-state index contributed by atoms with van der Waals surface area (Å²) < 4.78 is 5.91. The van der Waals surface area contributed by atoms with Crippen LogP contribution in [0.25, 0.3) is 0 Å². The van der Waals surface area contributed by atoms with Crippen LogP contribution in [-0.2, 0) is 13.1 Å². The second-order valence-corrected chi connectivity index (χ2v) is 6.01. The number of furan rings is 1. The first kappa shape index (κ1) is 14.6. The molecule has 0 saturated carbocycles. The number of nitrogens with zero attached hydrogens (tertiary/aromatic N) is 1. The minimum absolute atomic E-state index is 0.683. The second kappa shape index (κ2) is 7.11. The van der Waals surface area contributed by atoms with E-state index in [1.54, 1.807) is 0 Å². The van der Waals surface area contributed by atoms with E-state index < -0.39 is 0 Å². The fourth-order valence-corrected chi connectivity index (χ4v) is 2.79. The van der Waals surface area contributed by atoms with E-state index in [-0.39, 0.29) is 0 Å². The number of nitrogens with one attached hydrogen (secondary N) is 1. The van der Waals surface area contributed by atoms with Crippen molar-refractivity contribution in [2.45, 2.75) is 59.2 Å². The molecule has 3 nitrogen and oxygen atoms in total. The molecule has 19 heavy (non-hydrogen) atoms. The van der Waals surface area contributed by atoms with Crippen molar-refractivity contribution in [1.29, 1.82) is 0 Å². The highest BCUT2D eigenvalue weighted by molar-refractivity contribution is 5.07. The summed E-state index contributed by atoms with van der Waals surface area (Å²) >= 11 is 0. The zero-order valence-electron chi connectivity index (χ0n) is 12.6. The lowest BCUT2D eigenvalue weighted by Crippen LogP contribution is -2.40. The first-order valence-electron chi connectivity index (χ1n) is 7.71. The molecule has 108 valence electrons. The van der Waals surface area contributed by atoms with E-state index >= 15 is 0 Å². The lowest BCUT2D eigenvalue weighted by atomic mass is 9.95. The van der Waals surface area contributed by atoms with Crippen molar-refractivity contribution in [2.24, 2.45) is 5.92 Å². The van der Waals surface area contributed by atoms with Gasteiger partial charge in [-0.25, -0.2) is 0 Å². The molecule has 2 atom stereocenters. The molecule has 0 aliphatic carbocycles. The molecule has 0 aromatic carbocycles. The topological polar surface area (TPSA) is 28.4 Å². The fraction of sp³-hybridized carbons (Fsp3) is 0.750. The van der Waals surface area contributed by atoms with Crippen LogP contribution in [0.1, 0.15) is 51.6 Å². The summed E-state index contributed by atoms with van der Waals surface area (Å²) in [5.41, 5.74) is 0. The minimum atomic E-state index is 0.683. The predicted octanol–water partition coefficient (Wildman–Crippen LogP) is 3.40. The van der Waals surface area contributed by atoms with E-state index in [4.69, 9.17) is 4.42 Å². The van der Waals surface area contributed by atoms with E-state index in [9.17, 15) is 0 Å². The minimum Gasteiger partial charge on any atom is -0.463 e. The first-order chi connectivity index (χ1) is 9.19. The predicted molar refractivity (Wildman–Crippen MR) is 79.0 cm³/mol. The van der Waals surface area contributed by atoms with Crippen LogP contribution in [0, 0.1) is 5.92 Å². The smallest absolute Gasteiger partial charge is 0.118 e. The molecule has 1 fully saturated rings. The summed E-state index contributed by atoms with van der Waals surface area (Å²) in [6.45, 7) is 10.9. The molecule has 0 bridgehead atoms. The van der Waals surface area contributed by atoms with Crippen molar-refractivity contribution < 1.29 is 4.42 Å². The van der Waals surface area contributed by atoms with E-state index in [0.29, 0.717) is 6.04 Å². The molecule has 1 aliphatic rings. The Labute approximate surface area is 117 Å². The van der Waals surface area contributed by atoms with Crippen molar-refractivity contribution in [1.82, 2.24) is 10.2 Å². The van der Waals surface area contributed by atoms with Gasteiger partial charge >= 0.3 is 0 Å². The molecule has 1 aromatic rings. The van der Waals surface area contributed by atoms with Crippen molar-refractivity contribution >= 4 is 0 Å². The Morgan fingerprint density at radius 2 is 2.05 bits per heavy atom. The molecule has 0 amide bonds. The van der Waals surface area contributed by atoms with Gasteiger partial charge in [0.2, 0.25) is 0 Å². The molecule has 1 N–H and O–H groups in total. The maximum Gasteiger partial charge on any atom is 0.118 e. The molecule has 2 rings (SSSR count). The molecule has 1 aromatic heterocycles. The normalized spacial score (nSPS) is 24.8. The van der Waals surface area contributed by atoms with Crippen molar-refractivity contribution in [3.05, 3.63) is 23.7 Å². The van der Waals surface area contributed by atoms with Gasteiger partial charge in [-0.2, -0.15) is 0 Å². The third-order valence-corrected chi connectivity index (χ3v) is 4.05. The molecule has 1 aliphatic heterocycles. The zero-order chi connectivity index (χ0) is 13.7. The summed E-state index contributed by atoms with van der Waals surface area (Å²) in [7, 11) is 0. The quantitative estimate of drug-likeness (QED) is 0.798. The first-order valence-corrected chi connectivity index (χ1v) is 7.71. The summed E-state index contributed by atoms with van der Waals surface area (Å²) in [5.74, 6) is 2.98. The molecule has 3 heteroatoms. The lowest BCUT2D eigenvalue weighted by Gasteiger charge is -2.36. The Balaban J connectivity index is 1.84. The van der Waals surface area contributed by atoms with Gasteiger partial charge in [-0.15, -0.1) is 0 Å². The van der Waals surface area contributed by atoms with Crippen LogP contribution in [0.3, 0.4) is 0 Å². The van der Waals surface area contributed by atoms with Crippen molar-refractivity contribution in [3.63, 3.8) is 0 Å². The van der Waals surface area contributed by atoms with Crippen molar-refractivity contribution in [2.75, 3.05) is 13.1 Å². The summed E-state index contributed by atoms with van der Waals surface area (Å²) in [6.07, 6.45) is 3.84. The van der Waals surface area contributed by atoms with Gasteiger partial charge in [0.25, 0.3) is 0 Å². The number of rotatable bonds is 6. The summed E-state index contributed by atoms with van der Waals surface area (Å²) in [5, 5.41) is 3.38. The van der Waals surface area contributed by atoms with Crippen LogP contribution in [0.4, 0.5) is 0 Å². The van der Waals surface area contributed by atoms with E-state index in [2.05, 4.69) is 43.1 Å². The van der Waals surface area contributed by atoms with Gasteiger partial charge in [0.05, 0.1) is 13.1 Å². The largest absolute Gasteiger partial charge is 0.463 e. The van der Waals surface area contributed by atoms with Gasteiger partial charge in [-0.05, 0) is 50.8 Å². The molecular weight excluding hydrogens is 236 g/mol. The molecule has 0 radical (unpaired) electrons. The van der Waals surface area contributed by atoms with Gasteiger partial charge in [-0.1, -0.05) is 13.8 Å². The maximum atomic E-state index is 5.91.